The van der Waals surface area contributed by atoms with Crippen molar-refractivity contribution in [3.8, 4) is 11.5 Å². The maximum Gasteiger partial charge on any atom is 0.193 e. The Bertz CT molecular complexity index is 1260. The lowest BCUT2D eigenvalue weighted by atomic mass is 10.0. The lowest BCUT2D eigenvalue weighted by Gasteiger charge is -2.09. The van der Waals surface area contributed by atoms with Crippen LogP contribution in [0.3, 0.4) is 0 Å². The third-order valence-electron chi connectivity index (χ3n) is 4.62. The zero-order valence-electron chi connectivity index (χ0n) is 16.2. The molecule has 4 rings (SSSR count). The van der Waals surface area contributed by atoms with Crippen LogP contribution in [0.1, 0.15) is 31.8 Å². The summed E-state index contributed by atoms with van der Waals surface area (Å²) in [7, 11) is 0. The van der Waals surface area contributed by atoms with E-state index in [0.717, 1.165) is 7.14 Å². The molecule has 31 heavy (non-hydrogen) atoms. The Labute approximate surface area is 207 Å². The standard InChI is InChI=1S/C26H16I2O3/c27-21-7-1-4-18(14-21)25(29)17-10-12-23(13-11-17)31-24-9-3-6-20(16-24)26(30)19-5-2-8-22(28)15-19/h1-16H. The molecular weight excluding hydrogens is 614 g/mol. The van der Waals surface area contributed by atoms with Crippen LogP contribution in [-0.4, -0.2) is 11.6 Å². The first-order valence-corrected chi connectivity index (χ1v) is 11.6. The molecule has 0 aliphatic heterocycles. The SMILES string of the molecule is O=C(c1ccc(Oc2cccc(C(=O)c3cccc(I)c3)c2)cc1)c1cccc(I)c1. The van der Waals surface area contributed by atoms with Crippen LogP contribution >= 0.6 is 45.2 Å². The molecule has 0 atom stereocenters. The number of carbonyl (C=O) groups is 2. The predicted molar refractivity (Wildman–Crippen MR) is 138 cm³/mol. The maximum atomic E-state index is 12.8. The Hall–Kier alpha value is -2.52. The molecule has 0 radical (unpaired) electrons. The fourth-order valence-corrected chi connectivity index (χ4v) is 4.19. The normalized spacial score (nSPS) is 10.5. The molecule has 0 spiro atoms. The highest BCUT2D eigenvalue weighted by Crippen LogP contribution is 2.25. The van der Waals surface area contributed by atoms with Gasteiger partial charge >= 0.3 is 0 Å². The molecule has 0 N–H and O–H groups in total. The minimum Gasteiger partial charge on any atom is -0.457 e. The number of benzene rings is 4. The summed E-state index contributed by atoms with van der Waals surface area (Å²) in [4.78, 5) is 25.4. The van der Waals surface area contributed by atoms with Crippen molar-refractivity contribution in [3.05, 3.63) is 126 Å². The van der Waals surface area contributed by atoms with Crippen LogP contribution in [0.5, 0.6) is 11.5 Å². The van der Waals surface area contributed by atoms with E-state index in [1.54, 1.807) is 48.5 Å². The van der Waals surface area contributed by atoms with Crippen molar-refractivity contribution in [2.75, 3.05) is 0 Å². The molecule has 4 aromatic carbocycles. The Kier molecular flexibility index (Phi) is 6.82. The van der Waals surface area contributed by atoms with Crippen LogP contribution in [0.15, 0.2) is 97.1 Å². The fraction of sp³-hybridized carbons (Fsp3) is 0. The molecule has 152 valence electrons. The Balaban J connectivity index is 1.50. The van der Waals surface area contributed by atoms with E-state index in [1.807, 2.05) is 48.5 Å². The number of hydrogen-bond donors (Lipinski definition) is 0. The van der Waals surface area contributed by atoms with Crippen LogP contribution in [0, 0.1) is 7.14 Å². The average Bonchev–Trinajstić information content (AvgIpc) is 2.79. The van der Waals surface area contributed by atoms with Gasteiger partial charge in [-0.15, -0.1) is 0 Å². The van der Waals surface area contributed by atoms with E-state index in [9.17, 15) is 9.59 Å². The van der Waals surface area contributed by atoms with Gasteiger partial charge in [0, 0.05) is 29.4 Å². The number of halogens is 2. The first-order chi connectivity index (χ1) is 15.0. The Morgan fingerprint density at radius 2 is 1.00 bits per heavy atom. The summed E-state index contributed by atoms with van der Waals surface area (Å²) in [5.74, 6) is 1.07. The van der Waals surface area contributed by atoms with E-state index in [0.29, 0.717) is 33.8 Å². The summed E-state index contributed by atoms with van der Waals surface area (Å²) < 4.78 is 7.95. The molecule has 0 saturated carbocycles. The Morgan fingerprint density at radius 1 is 0.516 bits per heavy atom. The van der Waals surface area contributed by atoms with Gasteiger partial charge in [0.25, 0.3) is 0 Å². The highest BCUT2D eigenvalue weighted by molar-refractivity contribution is 14.1. The molecule has 0 saturated heterocycles. The lowest BCUT2D eigenvalue weighted by Crippen LogP contribution is -2.02. The molecule has 0 fully saturated rings. The molecule has 0 heterocycles. The summed E-state index contributed by atoms with van der Waals surface area (Å²) in [5.41, 5.74) is 2.45. The minimum absolute atomic E-state index is 0.0323. The number of ketones is 2. The highest BCUT2D eigenvalue weighted by atomic mass is 127. The first kappa shape index (κ1) is 21.7. The van der Waals surface area contributed by atoms with Crippen molar-refractivity contribution in [3.63, 3.8) is 0 Å². The van der Waals surface area contributed by atoms with E-state index >= 15 is 0 Å². The molecule has 0 aliphatic rings. The Morgan fingerprint density at radius 3 is 1.55 bits per heavy atom. The summed E-state index contributed by atoms with van der Waals surface area (Å²) in [6, 6.07) is 29.1. The molecule has 0 amide bonds. The van der Waals surface area contributed by atoms with Crippen molar-refractivity contribution in [2.45, 2.75) is 0 Å². The third kappa shape index (κ3) is 5.40. The van der Waals surface area contributed by atoms with Gasteiger partial charge in [-0.25, -0.2) is 0 Å². The summed E-state index contributed by atoms with van der Waals surface area (Å²) in [6.45, 7) is 0. The van der Waals surface area contributed by atoms with E-state index in [1.165, 1.54) is 0 Å². The van der Waals surface area contributed by atoms with Gasteiger partial charge in [0.15, 0.2) is 11.6 Å². The van der Waals surface area contributed by atoms with Crippen molar-refractivity contribution >= 4 is 56.7 Å². The molecule has 0 aliphatic carbocycles. The topological polar surface area (TPSA) is 43.4 Å². The number of rotatable bonds is 6. The molecule has 0 bridgehead atoms. The lowest BCUT2D eigenvalue weighted by molar-refractivity contribution is 0.103. The zero-order valence-corrected chi connectivity index (χ0v) is 20.5. The highest BCUT2D eigenvalue weighted by Gasteiger charge is 2.12. The van der Waals surface area contributed by atoms with E-state index in [4.69, 9.17) is 4.74 Å². The quantitative estimate of drug-likeness (QED) is 0.168. The van der Waals surface area contributed by atoms with Crippen LogP contribution < -0.4 is 4.74 Å². The van der Waals surface area contributed by atoms with Gasteiger partial charge in [0.05, 0.1) is 0 Å². The van der Waals surface area contributed by atoms with Crippen molar-refractivity contribution < 1.29 is 14.3 Å². The van der Waals surface area contributed by atoms with Gasteiger partial charge in [-0.2, -0.15) is 0 Å². The second kappa shape index (κ2) is 9.74. The van der Waals surface area contributed by atoms with Gasteiger partial charge in [-0.1, -0.05) is 36.4 Å². The van der Waals surface area contributed by atoms with E-state index in [2.05, 4.69) is 45.2 Å². The largest absolute Gasteiger partial charge is 0.457 e. The molecule has 0 unspecified atom stereocenters. The second-order valence-corrected chi connectivity index (χ2v) is 9.32. The monoisotopic (exact) mass is 630 g/mol. The van der Waals surface area contributed by atoms with Crippen LogP contribution in [0.4, 0.5) is 0 Å². The van der Waals surface area contributed by atoms with Gasteiger partial charge in [-0.3, -0.25) is 9.59 Å². The maximum absolute atomic E-state index is 12.8. The van der Waals surface area contributed by atoms with Gasteiger partial charge in [0.2, 0.25) is 0 Å². The van der Waals surface area contributed by atoms with Crippen molar-refractivity contribution in [1.82, 2.24) is 0 Å². The van der Waals surface area contributed by atoms with E-state index < -0.39 is 0 Å². The number of carbonyl (C=O) groups excluding carboxylic acids is 2. The fourth-order valence-electron chi connectivity index (χ4n) is 3.10. The zero-order chi connectivity index (χ0) is 21.8. The second-order valence-electron chi connectivity index (χ2n) is 6.83. The predicted octanol–water partition coefficient (Wildman–Crippen LogP) is 7.15. The summed E-state index contributed by atoms with van der Waals surface area (Å²) >= 11 is 4.38. The minimum atomic E-state index is -0.0533. The molecule has 0 aromatic heterocycles. The summed E-state index contributed by atoms with van der Waals surface area (Å²) in [6.07, 6.45) is 0. The van der Waals surface area contributed by atoms with Gasteiger partial charge in [-0.05, 0) is 106 Å². The van der Waals surface area contributed by atoms with Gasteiger partial charge in [0.1, 0.15) is 11.5 Å². The van der Waals surface area contributed by atoms with Crippen LogP contribution in [0.2, 0.25) is 0 Å². The van der Waals surface area contributed by atoms with Gasteiger partial charge < -0.3 is 4.74 Å². The molecule has 5 heteroatoms. The molecule has 4 aromatic rings. The molecule has 3 nitrogen and oxygen atoms in total. The molecular formula is C26H16I2O3. The van der Waals surface area contributed by atoms with E-state index in [-0.39, 0.29) is 11.6 Å². The van der Waals surface area contributed by atoms with Crippen LogP contribution in [0.25, 0.3) is 0 Å². The van der Waals surface area contributed by atoms with Crippen LogP contribution in [-0.2, 0) is 0 Å². The first-order valence-electron chi connectivity index (χ1n) is 9.48. The number of ether oxygens (including phenoxy) is 1. The third-order valence-corrected chi connectivity index (χ3v) is 5.96. The van der Waals surface area contributed by atoms with Crippen molar-refractivity contribution in [1.29, 1.82) is 0 Å². The smallest absolute Gasteiger partial charge is 0.193 e. The average molecular weight is 630 g/mol. The van der Waals surface area contributed by atoms with Crippen molar-refractivity contribution in [2.24, 2.45) is 0 Å². The summed E-state index contributed by atoms with van der Waals surface area (Å²) in [5, 5.41) is 0. The number of hydrogen-bond acceptors (Lipinski definition) is 3.